The van der Waals surface area contributed by atoms with Gasteiger partial charge in [-0.2, -0.15) is 0 Å². The highest BCUT2D eigenvalue weighted by Crippen LogP contribution is 2.44. The van der Waals surface area contributed by atoms with Crippen molar-refractivity contribution in [2.45, 2.75) is 31.6 Å². The Morgan fingerprint density at radius 1 is 0.914 bits per heavy atom. The van der Waals surface area contributed by atoms with Crippen LogP contribution in [0.5, 0.6) is 0 Å². The second-order valence-corrected chi connectivity index (χ2v) is 8.58. The summed E-state index contributed by atoms with van der Waals surface area (Å²) in [7, 11) is 0. The van der Waals surface area contributed by atoms with E-state index in [1.54, 1.807) is 31.2 Å². The third kappa shape index (κ3) is 5.69. The van der Waals surface area contributed by atoms with E-state index in [2.05, 4.69) is 34.9 Å². The number of amides is 2. The van der Waals surface area contributed by atoms with Crippen LogP contribution in [-0.4, -0.2) is 36.2 Å². The van der Waals surface area contributed by atoms with Gasteiger partial charge in [0, 0.05) is 24.6 Å². The van der Waals surface area contributed by atoms with Crippen molar-refractivity contribution in [3.8, 4) is 11.1 Å². The van der Waals surface area contributed by atoms with Crippen LogP contribution in [0.15, 0.2) is 72.8 Å². The number of carboxylic acids is 1. The minimum absolute atomic E-state index is 0.00890. The van der Waals surface area contributed by atoms with Crippen LogP contribution in [0.25, 0.3) is 11.1 Å². The second kappa shape index (κ2) is 10.9. The summed E-state index contributed by atoms with van der Waals surface area (Å²) in [4.78, 5) is 35.3. The zero-order valence-electron chi connectivity index (χ0n) is 19.5. The molecule has 0 spiro atoms. The minimum Gasteiger partial charge on any atom is -0.481 e. The lowest BCUT2D eigenvalue weighted by molar-refractivity contribution is -0.137. The average Bonchev–Trinajstić information content (AvgIpc) is 3.19. The molecule has 2 amide bonds. The van der Waals surface area contributed by atoms with Crippen LogP contribution >= 0.6 is 0 Å². The first-order valence-electron chi connectivity index (χ1n) is 11.7. The van der Waals surface area contributed by atoms with Crippen molar-refractivity contribution in [3.63, 3.8) is 0 Å². The molecule has 180 valence electrons. The Balaban J connectivity index is 1.30. The molecule has 0 radical (unpaired) electrons. The summed E-state index contributed by atoms with van der Waals surface area (Å²) in [5.74, 6) is -1.46. The van der Waals surface area contributed by atoms with Crippen LogP contribution in [0.1, 0.15) is 48.3 Å². The summed E-state index contributed by atoms with van der Waals surface area (Å²) in [6.45, 7) is 2.33. The van der Waals surface area contributed by atoms with Gasteiger partial charge in [-0.1, -0.05) is 60.7 Å². The fourth-order valence-electron chi connectivity index (χ4n) is 4.36. The van der Waals surface area contributed by atoms with E-state index in [1.165, 1.54) is 11.1 Å². The number of benzene rings is 3. The van der Waals surface area contributed by atoms with Gasteiger partial charge in [0.2, 0.25) is 5.91 Å². The Bertz CT molecular complexity index is 1180. The quantitative estimate of drug-likeness (QED) is 0.375. The van der Waals surface area contributed by atoms with Crippen molar-refractivity contribution in [3.05, 3.63) is 89.5 Å². The molecule has 0 heterocycles. The SMILES string of the molecule is CC(C(=O)NCCCC(=O)O)c1ccc(NC(=O)OCC2c3ccccc3-c3ccccc32)cc1. The number of fused-ring (bicyclic) bond motifs is 3. The highest BCUT2D eigenvalue weighted by molar-refractivity contribution is 5.86. The molecular weight excluding hydrogens is 444 g/mol. The third-order valence-electron chi connectivity index (χ3n) is 6.26. The Labute approximate surface area is 204 Å². The number of aliphatic carboxylic acids is 1. The van der Waals surface area contributed by atoms with Gasteiger partial charge in [-0.3, -0.25) is 14.9 Å². The van der Waals surface area contributed by atoms with E-state index < -0.39 is 18.0 Å². The van der Waals surface area contributed by atoms with Crippen molar-refractivity contribution in [2.24, 2.45) is 0 Å². The summed E-state index contributed by atoms with van der Waals surface area (Å²) in [5.41, 5.74) is 6.02. The summed E-state index contributed by atoms with van der Waals surface area (Å²) < 4.78 is 5.58. The van der Waals surface area contributed by atoms with Gasteiger partial charge in [0.05, 0.1) is 5.92 Å². The Morgan fingerprint density at radius 2 is 1.51 bits per heavy atom. The molecule has 3 aromatic carbocycles. The number of carbonyl (C=O) groups is 3. The molecule has 4 rings (SSSR count). The highest BCUT2D eigenvalue weighted by atomic mass is 16.5. The standard InChI is InChI=1S/C28H28N2O5/c1-18(27(33)29-16-6-11-26(31)32)19-12-14-20(15-13-19)30-28(34)35-17-25-23-9-4-2-7-21(23)22-8-3-5-10-24(22)25/h2-5,7-10,12-15,18,25H,6,11,16-17H2,1H3,(H,29,33)(H,30,34)(H,31,32). The largest absolute Gasteiger partial charge is 0.481 e. The molecule has 0 aliphatic heterocycles. The summed E-state index contributed by atoms with van der Waals surface area (Å²) in [6.07, 6.45) is -0.134. The normalized spacial score (nSPS) is 12.8. The number of carboxylic acid groups (broad SMARTS) is 1. The molecule has 0 bridgehead atoms. The van der Waals surface area contributed by atoms with Gasteiger partial charge in [0.15, 0.2) is 0 Å². The van der Waals surface area contributed by atoms with E-state index in [4.69, 9.17) is 9.84 Å². The molecule has 3 aromatic rings. The number of carbonyl (C=O) groups excluding carboxylic acids is 2. The first kappa shape index (κ1) is 24.0. The first-order valence-corrected chi connectivity index (χ1v) is 11.7. The average molecular weight is 473 g/mol. The second-order valence-electron chi connectivity index (χ2n) is 8.58. The molecular formula is C28H28N2O5. The molecule has 0 fully saturated rings. The number of anilines is 1. The van der Waals surface area contributed by atoms with Crippen molar-refractivity contribution in [1.29, 1.82) is 0 Å². The van der Waals surface area contributed by atoms with Crippen LogP contribution in [-0.2, 0) is 14.3 Å². The van der Waals surface area contributed by atoms with Gasteiger partial charge in [0.25, 0.3) is 0 Å². The summed E-state index contributed by atoms with van der Waals surface area (Å²) in [6, 6.07) is 23.4. The third-order valence-corrected chi connectivity index (χ3v) is 6.26. The van der Waals surface area contributed by atoms with Crippen LogP contribution in [0.4, 0.5) is 10.5 Å². The molecule has 7 nitrogen and oxygen atoms in total. The lowest BCUT2D eigenvalue weighted by Gasteiger charge is -2.15. The number of rotatable bonds is 9. The van der Waals surface area contributed by atoms with Gasteiger partial charge in [0.1, 0.15) is 6.61 Å². The van der Waals surface area contributed by atoms with Gasteiger partial charge in [-0.25, -0.2) is 4.79 Å². The van der Waals surface area contributed by atoms with E-state index >= 15 is 0 Å². The maximum atomic E-state index is 12.5. The molecule has 35 heavy (non-hydrogen) atoms. The minimum atomic E-state index is -0.883. The van der Waals surface area contributed by atoms with E-state index in [1.807, 2.05) is 24.3 Å². The maximum absolute atomic E-state index is 12.5. The molecule has 1 aliphatic rings. The fourth-order valence-corrected chi connectivity index (χ4v) is 4.36. The lowest BCUT2D eigenvalue weighted by atomic mass is 9.98. The zero-order chi connectivity index (χ0) is 24.8. The van der Waals surface area contributed by atoms with Crippen LogP contribution in [0, 0.1) is 0 Å². The maximum Gasteiger partial charge on any atom is 0.411 e. The lowest BCUT2D eigenvalue weighted by Crippen LogP contribution is -2.29. The monoisotopic (exact) mass is 472 g/mol. The number of ether oxygens (including phenoxy) is 1. The number of hydrogen-bond acceptors (Lipinski definition) is 4. The molecule has 1 unspecified atom stereocenters. The molecule has 0 saturated heterocycles. The molecule has 1 aliphatic carbocycles. The molecule has 0 aromatic heterocycles. The molecule has 0 saturated carbocycles. The van der Waals surface area contributed by atoms with Crippen LogP contribution < -0.4 is 10.6 Å². The predicted molar refractivity (Wildman–Crippen MR) is 133 cm³/mol. The van der Waals surface area contributed by atoms with E-state index in [9.17, 15) is 14.4 Å². The Morgan fingerprint density at radius 3 is 2.11 bits per heavy atom. The van der Waals surface area contributed by atoms with Crippen LogP contribution in [0.3, 0.4) is 0 Å². The summed E-state index contributed by atoms with van der Waals surface area (Å²) in [5, 5.41) is 14.2. The van der Waals surface area contributed by atoms with E-state index in [-0.39, 0.29) is 24.9 Å². The smallest absolute Gasteiger partial charge is 0.411 e. The van der Waals surface area contributed by atoms with Crippen LogP contribution in [0.2, 0.25) is 0 Å². The summed E-state index contributed by atoms with van der Waals surface area (Å²) >= 11 is 0. The van der Waals surface area contributed by atoms with Gasteiger partial charge >= 0.3 is 12.1 Å². The van der Waals surface area contributed by atoms with Crippen molar-refractivity contribution in [1.82, 2.24) is 5.32 Å². The topological polar surface area (TPSA) is 105 Å². The van der Waals surface area contributed by atoms with E-state index in [0.717, 1.165) is 16.7 Å². The molecule has 3 N–H and O–H groups in total. The molecule has 7 heteroatoms. The van der Waals surface area contributed by atoms with Crippen molar-refractivity contribution in [2.75, 3.05) is 18.5 Å². The highest BCUT2D eigenvalue weighted by Gasteiger charge is 2.29. The Hall–Kier alpha value is -4.13. The zero-order valence-corrected chi connectivity index (χ0v) is 19.5. The van der Waals surface area contributed by atoms with Crippen molar-refractivity contribution < 1.29 is 24.2 Å². The number of nitrogens with one attached hydrogen (secondary N) is 2. The fraction of sp³-hybridized carbons (Fsp3) is 0.250. The van der Waals surface area contributed by atoms with Gasteiger partial charge in [-0.05, 0) is 53.3 Å². The van der Waals surface area contributed by atoms with Gasteiger partial charge < -0.3 is 15.2 Å². The first-order chi connectivity index (χ1) is 16.9. The Kier molecular flexibility index (Phi) is 7.45. The predicted octanol–water partition coefficient (Wildman–Crippen LogP) is 5.13. The van der Waals surface area contributed by atoms with E-state index in [0.29, 0.717) is 18.7 Å². The molecule has 1 atom stereocenters. The van der Waals surface area contributed by atoms with Crippen molar-refractivity contribution >= 4 is 23.7 Å². The van der Waals surface area contributed by atoms with Gasteiger partial charge in [-0.15, -0.1) is 0 Å². The number of hydrogen-bond donors (Lipinski definition) is 3.